The lowest BCUT2D eigenvalue weighted by Gasteiger charge is -2.36. The van der Waals surface area contributed by atoms with Crippen molar-refractivity contribution in [3.63, 3.8) is 0 Å². The molecule has 0 bridgehead atoms. The summed E-state index contributed by atoms with van der Waals surface area (Å²) in [4.78, 5) is 12.4. The average molecular weight is 347 g/mol. The maximum absolute atomic E-state index is 12.4. The molecule has 0 atom stereocenters. The fraction of sp³-hybridized carbons (Fsp3) is 0.500. The Morgan fingerprint density at radius 1 is 1.47 bits per heavy atom. The SMILES string of the molecule is Cc1ccc(Cl)cc1C(=O)NC1(CBr)CCOCC1. The predicted molar refractivity (Wildman–Crippen MR) is 80.2 cm³/mol. The topological polar surface area (TPSA) is 38.3 Å². The largest absolute Gasteiger partial charge is 0.381 e. The molecule has 3 nitrogen and oxygen atoms in total. The maximum Gasteiger partial charge on any atom is 0.252 e. The summed E-state index contributed by atoms with van der Waals surface area (Å²) in [6, 6.07) is 5.37. The van der Waals surface area contributed by atoms with Gasteiger partial charge in [-0.15, -0.1) is 0 Å². The number of nitrogens with one attached hydrogen (secondary N) is 1. The predicted octanol–water partition coefficient (Wildman–Crippen LogP) is 3.32. The maximum atomic E-state index is 12.4. The number of halogens is 2. The zero-order valence-electron chi connectivity index (χ0n) is 10.8. The van der Waals surface area contributed by atoms with E-state index in [0.717, 1.165) is 23.7 Å². The lowest BCUT2D eigenvalue weighted by Crippen LogP contribution is -2.53. The average Bonchev–Trinajstić information content (AvgIpc) is 2.42. The Balaban J connectivity index is 2.17. The van der Waals surface area contributed by atoms with Gasteiger partial charge in [0.25, 0.3) is 5.91 Å². The molecule has 1 aromatic rings. The van der Waals surface area contributed by atoms with Crippen LogP contribution in [0.15, 0.2) is 18.2 Å². The summed E-state index contributed by atoms with van der Waals surface area (Å²) in [6.07, 6.45) is 1.65. The number of rotatable bonds is 3. The molecule has 1 amide bonds. The van der Waals surface area contributed by atoms with Gasteiger partial charge in [0.1, 0.15) is 0 Å². The summed E-state index contributed by atoms with van der Waals surface area (Å²) in [7, 11) is 0. The molecule has 1 fully saturated rings. The number of benzene rings is 1. The molecule has 1 heterocycles. The van der Waals surface area contributed by atoms with E-state index in [-0.39, 0.29) is 11.4 Å². The third kappa shape index (κ3) is 3.50. The molecule has 104 valence electrons. The zero-order chi connectivity index (χ0) is 13.9. The number of amides is 1. The van der Waals surface area contributed by atoms with E-state index in [1.54, 1.807) is 12.1 Å². The lowest BCUT2D eigenvalue weighted by atomic mass is 9.91. The van der Waals surface area contributed by atoms with Crippen LogP contribution in [-0.2, 0) is 4.74 Å². The normalized spacial score (nSPS) is 18.1. The van der Waals surface area contributed by atoms with E-state index in [9.17, 15) is 4.79 Å². The Kier molecular flexibility index (Phi) is 4.87. The summed E-state index contributed by atoms with van der Waals surface area (Å²) in [6.45, 7) is 3.27. The number of hydrogen-bond donors (Lipinski definition) is 1. The highest BCUT2D eigenvalue weighted by Crippen LogP contribution is 2.24. The van der Waals surface area contributed by atoms with Crippen molar-refractivity contribution in [3.05, 3.63) is 34.3 Å². The molecule has 0 unspecified atom stereocenters. The van der Waals surface area contributed by atoms with E-state index >= 15 is 0 Å². The molecule has 0 saturated carbocycles. The first-order valence-electron chi connectivity index (χ1n) is 6.29. The molecular formula is C14H17BrClNO2. The van der Waals surface area contributed by atoms with Gasteiger partial charge in [-0.05, 0) is 37.5 Å². The highest BCUT2D eigenvalue weighted by atomic mass is 79.9. The van der Waals surface area contributed by atoms with Crippen LogP contribution in [0.4, 0.5) is 0 Å². The van der Waals surface area contributed by atoms with Crippen molar-refractivity contribution in [1.82, 2.24) is 5.32 Å². The van der Waals surface area contributed by atoms with E-state index in [4.69, 9.17) is 16.3 Å². The van der Waals surface area contributed by atoms with Crippen LogP contribution in [0.3, 0.4) is 0 Å². The van der Waals surface area contributed by atoms with Gasteiger partial charge in [0.15, 0.2) is 0 Å². The van der Waals surface area contributed by atoms with Crippen molar-refractivity contribution in [2.75, 3.05) is 18.5 Å². The molecule has 1 aromatic carbocycles. The van der Waals surface area contributed by atoms with Crippen LogP contribution in [0, 0.1) is 6.92 Å². The van der Waals surface area contributed by atoms with Crippen LogP contribution in [0.25, 0.3) is 0 Å². The summed E-state index contributed by atoms with van der Waals surface area (Å²) in [5.74, 6) is -0.0682. The first-order valence-corrected chi connectivity index (χ1v) is 7.79. The Morgan fingerprint density at radius 2 is 2.16 bits per heavy atom. The fourth-order valence-corrected chi connectivity index (χ4v) is 3.07. The number of ether oxygens (including phenoxy) is 1. The smallest absolute Gasteiger partial charge is 0.252 e. The second kappa shape index (κ2) is 6.25. The Morgan fingerprint density at radius 3 is 2.79 bits per heavy atom. The minimum Gasteiger partial charge on any atom is -0.381 e. The number of alkyl halides is 1. The van der Waals surface area contributed by atoms with Gasteiger partial charge in [-0.25, -0.2) is 0 Å². The molecule has 0 aliphatic carbocycles. The molecule has 2 rings (SSSR count). The van der Waals surface area contributed by atoms with Crippen molar-refractivity contribution in [2.24, 2.45) is 0 Å². The second-order valence-corrected chi connectivity index (χ2v) is 5.94. The molecular weight excluding hydrogens is 330 g/mol. The van der Waals surface area contributed by atoms with Gasteiger partial charge in [-0.3, -0.25) is 4.79 Å². The molecule has 1 saturated heterocycles. The fourth-order valence-electron chi connectivity index (χ4n) is 2.20. The summed E-state index contributed by atoms with van der Waals surface area (Å²) in [5, 5.41) is 4.45. The second-order valence-electron chi connectivity index (χ2n) is 4.94. The monoisotopic (exact) mass is 345 g/mol. The summed E-state index contributed by atoms with van der Waals surface area (Å²) < 4.78 is 5.36. The van der Waals surface area contributed by atoms with Gasteiger partial charge < -0.3 is 10.1 Å². The molecule has 0 radical (unpaired) electrons. The third-order valence-corrected chi connectivity index (χ3v) is 4.84. The Bertz CT molecular complexity index is 473. The van der Waals surface area contributed by atoms with E-state index in [2.05, 4.69) is 21.2 Å². The van der Waals surface area contributed by atoms with Crippen LogP contribution < -0.4 is 5.32 Å². The first-order chi connectivity index (χ1) is 9.06. The van der Waals surface area contributed by atoms with Crippen LogP contribution in [0.1, 0.15) is 28.8 Å². The van der Waals surface area contributed by atoms with Crippen LogP contribution in [-0.4, -0.2) is 30.0 Å². The highest BCUT2D eigenvalue weighted by Gasteiger charge is 2.33. The van der Waals surface area contributed by atoms with Crippen molar-refractivity contribution >= 4 is 33.4 Å². The van der Waals surface area contributed by atoms with E-state index < -0.39 is 0 Å². The number of carbonyl (C=O) groups is 1. The number of carbonyl (C=O) groups excluding carboxylic acids is 1. The molecule has 1 aliphatic heterocycles. The van der Waals surface area contributed by atoms with Gasteiger partial charge in [-0.1, -0.05) is 33.6 Å². The van der Waals surface area contributed by atoms with Crippen LogP contribution in [0.5, 0.6) is 0 Å². The van der Waals surface area contributed by atoms with E-state index in [0.29, 0.717) is 23.8 Å². The van der Waals surface area contributed by atoms with Gasteiger partial charge in [0.05, 0.1) is 5.54 Å². The van der Waals surface area contributed by atoms with Crippen LogP contribution in [0.2, 0.25) is 5.02 Å². The molecule has 0 spiro atoms. The Hall–Kier alpha value is -0.580. The van der Waals surface area contributed by atoms with Crippen molar-refractivity contribution in [2.45, 2.75) is 25.3 Å². The molecule has 1 N–H and O–H groups in total. The van der Waals surface area contributed by atoms with E-state index in [1.165, 1.54) is 0 Å². The lowest BCUT2D eigenvalue weighted by molar-refractivity contribution is 0.0441. The number of hydrogen-bond acceptors (Lipinski definition) is 2. The molecule has 1 aliphatic rings. The summed E-state index contributed by atoms with van der Waals surface area (Å²) >= 11 is 9.47. The molecule has 0 aromatic heterocycles. The molecule has 5 heteroatoms. The first kappa shape index (κ1) is 14.8. The van der Waals surface area contributed by atoms with Crippen LogP contribution >= 0.6 is 27.5 Å². The standard InChI is InChI=1S/C14H17BrClNO2/c1-10-2-3-11(16)8-12(10)13(18)17-14(9-15)4-6-19-7-5-14/h2-3,8H,4-7,9H2,1H3,(H,17,18). The molecule has 19 heavy (non-hydrogen) atoms. The van der Waals surface area contributed by atoms with Gasteiger partial charge in [-0.2, -0.15) is 0 Å². The van der Waals surface area contributed by atoms with Gasteiger partial charge in [0.2, 0.25) is 0 Å². The minimum atomic E-state index is -0.218. The zero-order valence-corrected chi connectivity index (χ0v) is 13.2. The Labute approximate surface area is 126 Å². The minimum absolute atomic E-state index is 0.0682. The highest BCUT2D eigenvalue weighted by molar-refractivity contribution is 9.09. The quantitative estimate of drug-likeness (QED) is 0.853. The number of aryl methyl sites for hydroxylation is 1. The van der Waals surface area contributed by atoms with Crippen molar-refractivity contribution in [1.29, 1.82) is 0 Å². The van der Waals surface area contributed by atoms with Gasteiger partial charge >= 0.3 is 0 Å². The summed E-state index contributed by atoms with van der Waals surface area (Å²) in [5.41, 5.74) is 1.35. The van der Waals surface area contributed by atoms with Crippen molar-refractivity contribution in [3.8, 4) is 0 Å². The van der Waals surface area contributed by atoms with Gasteiger partial charge in [0, 0.05) is 29.1 Å². The van der Waals surface area contributed by atoms with E-state index in [1.807, 2.05) is 13.0 Å². The van der Waals surface area contributed by atoms with Crippen molar-refractivity contribution < 1.29 is 9.53 Å². The third-order valence-electron chi connectivity index (χ3n) is 3.53.